The lowest BCUT2D eigenvalue weighted by Gasteiger charge is -2.26. The number of aryl methyl sites for hydroxylation is 1. The van der Waals surface area contributed by atoms with Crippen LogP contribution in [0.1, 0.15) is 71.6 Å². The molecule has 0 aliphatic heterocycles. The topological polar surface area (TPSA) is 68.2 Å². The zero-order chi connectivity index (χ0) is 21.4. The zero-order valence-corrected chi connectivity index (χ0v) is 19.0. The smallest absolute Gasteiger partial charge is 0.224 e. The lowest BCUT2D eigenvalue weighted by Crippen LogP contribution is -2.39. The van der Waals surface area contributed by atoms with Gasteiger partial charge >= 0.3 is 0 Å². The molecule has 1 heterocycles. The van der Waals surface area contributed by atoms with Gasteiger partial charge < -0.3 is 15.4 Å². The van der Waals surface area contributed by atoms with Crippen LogP contribution in [0.5, 0.6) is 0 Å². The molecule has 0 bridgehead atoms. The van der Waals surface area contributed by atoms with Crippen molar-refractivity contribution in [1.82, 2.24) is 20.4 Å². The van der Waals surface area contributed by atoms with Crippen LogP contribution in [0.4, 0.5) is 0 Å². The number of nitrogens with one attached hydrogen (secondary N) is 2. The second kappa shape index (κ2) is 10.8. The van der Waals surface area contributed by atoms with Crippen LogP contribution in [0, 0.1) is 11.8 Å². The predicted molar refractivity (Wildman–Crippen MR) is 118 cm³/mol. The molecule has 0 radical (unpaired) electrons. The Labute approximate surface area is 176 Å². The molecule has 1 aliphatic rings. The van der Waals surface area contributed by atoms with Gasteiger partial charge in [-0.25, -0.2) is 4.68 Å². The number of nitrogens with zero attached hydrogens (tertiary/aromatic N) is 2. The molecule has 0 spiro atoms. The van der Waals surface area contributed by atoms with Crippen LogP contribution in [0.15, 0.2) is 12.8 Å². The van der Waals surface area contributed by atoms with Crippen molar-refractivity contribution in [3.8, 4) is 0 Å². The Morgan fingerprint density at radius 2 is 2.07 bits per heavy atom. The van der Waals surface area contributed by atoms with E-state index in [1.54, 1.807) is 4.68 Å². The number of hydrogen-bond acceptors (Lipinski definition) is 4. The highest BCUT2D eigenvalue weighted by atomic mass is 16.5. The van der Waals surface area contributed by atoms with E-state index in [0.717, 1.165) is 63.9 Å². The molecule has 1 aliphatic carbocycles. The minimum atomic E-state index is -0.295. The first kappa shape index (κ1) is 23.5. The fourth-order valence-electron chi connectivity index (χ4n) is 3.82. The molecule has 6 nitrogen and oxygen atoms in total. The number of carbonyl (C=O) groups is 1. The van der Waals surface area contributed by atoms with Gasteiger partial charge in [0.05, 0.1) is 11.6 Å². The Morgan fingerprint density at radius 3 is 2.72 bits per heavy atom. The monoisotopic (exact) mass is 404 g/mol. The third kappa shape index (κ3) is 7.50. The van der Waals surface area contributed by atoms with Gasteiger partial charge in [0.25, 0.3) is 0 Å². The van der Waals surface area contributed by atoms with Crippen molar-refractivity contribution in [1.29, 1.82) is 0 Å². The quantitative estimate of drug-likeness (QED) is 0.435. The Balaban J connectivity index is 2.00. The van der Waals surface area contributed by atoms with E-state index in [9.17, 15) is 4.79 Å². The summed E-state index contributed by atoms with van der Waals surface area (Å²) in [6.07, 6.45) is 7.99. The molecule has 2 N–H and O–H groups in total. The molecule has 0 aromatic carbocycles. The van der Waals surface area contributed by atoms with Crippen molar-refractivity contribution in [3.05, 3.63) is 24.0 Å². The molecule has 6 heteroatoms. The maximum Gasteiger partial charge on any atom is 0.224 e. The van der Waals surface area contributed by atoms with Gasteiger partial charge in [0, 0.05) is 19.3 Å². The third-order valence-corrected chi connectivity index (χ3v) is 5.22. The SMILES string of the molecule is C=C(OC(C)(C)C)n1cc2c(n1)CC(CC(CNCCC)C(=O)NCCC)CC2. The van der Waals surface area contributed by atoms with Gasteiger partial charge in [-0.2, -0.15) is 5.10 Å². The minimum Gasteiger partial charge on any atom is -0.472 e. The average molecular weight is 405 g/mol. The summed E-state index contributed by atoms with van der Waals surface area (Å²) < 4.78 is 7.63. The summed E-state index contributed by atoms with van der Waals surface area (Å²) in [5.41, 5.74) is 2.10. The van der Waals surface area contributed by atoms with Gasteiger partial charge in [-0.05, 0) is 83.9 Å². The fraction of sp³-hybridized carbons (Fsp3) is 0.739. The van der Waals surface area contributed by atoms with E-state index >= 15 is 0 Å². The molecule has 2 rings (SSSR count). The maximum atomic E-state index is 12.6. The van der Waals surface area contributed by atoms with Gasteiger partial charge in [-0.1, -0.05) is 13.8 Å². The maximum absolute atomic E-state index is 12.6. The largest absolute Gasteiger partial charge is 0.472 e. The molecular weight excluding hydrogens is 364 g/mol. The summed E-state index contributed by atoms with van der Waals surface area (Å²) >= 11 is 0. The highest BCUT2D eigenvalue weighted by molar-refractivity contribution is 5.78. The summed E-state index contributed by atoms with van der Waals surface area (Å²) in [5.74, 6) is 1.23. The number of rotatable bonds is 11. The van der Waals surface area contributed by atoms with Gasteiger partial charge in [0.15, 0.2) is 0 Å². The first-order valence-electron chi connectivity index (χ1n) is 11.2. The van der Waals surface area contributed by atoms with E-state index in [1.165, 1.54) is 5.56 Å². The molecule has 0 saturated carbocycles. The molecule has 2 unspecified atom stereocenters. The van der Waals surface area contributed by atoms with Crippen LogP contribution in [0.2, 0.25) is 0 Å². The predicted octanol–water partition coefficient (Wildman–Crippen LogP) is 3.76. The standard InChI is InChI=1S/C23H40N4O2/c1-7-11-24-15-20(22(28)25-12-8-2)13-18-9-10-19-16-27(26-21(19)14-18)17(3)29-23(4,5)6/h16,18,20,24H,3,7-15H2,1-2,4-6H3,(H,25,28). The Bertz CT molecular complexity index is 675. The van der Waals surface area contributed by atoms with Crippen LogP contribution in [0.3, 0.4) is 0 Å². The summed E-state index contributed by atoms with van der Waals surface area (Å²) in [5, 5.41) is 11.3. The Morgan fingerprint density at radius 1 is 1.34 bits per heavy atom. The second-order valence-electron chi connectivity index (χ2n) is 9.19. The molecule has 1 amide bonds. The molecule has 0 saturated heterocycles. The summed E-state index contributed by atoms with van der Waals surface area (Å²) in [6.45, 7) is 16.7. The highest BCUT2D eigenvalue weighted by Crippen LogP contribution is 2.30. The van der Waals surface area contributed by atoms with Crippen LogP contribution >= 0.6 is 0 Å². The van der Waals surface area contributed by atoms with Crippen molar-refractivity contribution in [3.63, 3.8) is 0 Å². The van der Waals surface area contributed by atoms with Gasteiger partial charge in [0.2, 0.25) is 11.8 Å². The molecule has 164 valence electrons. The molecule has 1 aromatic heterocycles. The van der Waals surface area contributed by atoms with E-state index in [0.29, 0.717) is 11.8 Å². The molecule has 0 fully saturated rings. The van der Waals surface area contributed by atoms with E-state index < -0.39 is 0 Å². The van der Waals surface area contributed by atoms with E-state index in [1.807, 2.05) is 27.0 Å². The van der Waals surface area contributed by atoms with Gasteiger partial charge in [-0.15, -0.1) is 0 Å². The van der Waals surface area contributed by atoms with E-state index in [2.05, 4.69) is 31.1 Å². The van der Waals surface area contributed by atoms with E-state index in [4.69, 9.17) is 9.84 Å². The summed E-state index contributed by atoms with van der Waals surface area (Å²) in [6, 6.07) is 0. The van der Waals surface area contributed by atoms with Crippen LogP contribution in [-0.4, -0.2) is 40.9 Å². The first-order valence-corrected chi connectivity index (χ1v) is 11.2. The number of fused-ring (bicyclic) bond motifs is 1. The third-order valence-electron chi connectivity index (χ3n) is 5.22. The normalized spacial score (nSPS) is 17.5. The van der Waals surface area contributed by atoms with Crippen molar-refractivity contribution in [2.24, 2.45) is 11.8 Å². The van der Waals surface area contributed by atoms with E-state index in [-0.39, 0.29) is 17.4 Å². The van der Waals surface area contributed by atoms with Crippen molar-refractivity contribution in [2.45, 2.75) is 78.7 Å². The molecular formula is C23H40N4O2. The molecule has 29 heavy (non-hydrogen) atoms. The fourth-order valence-corrected chi connectivity index (χ4v) is 3.82. The van der Waals surface area contributed by atoms with Crippen molar-refractivity contribution < 1.29 is 9.53 Å². The first-order chi connectivity index (χ1) is 13.7. The number of aromatic nitrogens is 2. The lowest BCUT2D eigenvalue weighted by molar-refractivity contribution is -0.125. The number of hydrogen-bond donors (Lipinski definition) is 2. The van der Waals surface area contributed by atoms with Crippen LogP contribution in [0.25, 0.3) is 5.88 Å². The summed E-state index contributed by atoms with van der Waals surface area (Å²) in [4.78, 5) is 12.6. The highest BCUT2D eigenvalue weighted by Gasteiger charge is 2.28. The van der Waals surface area contributed by atoms with Crippen LogP contribution < -0.4 is 10.6 Å². The van der Waals surface area contributed by atoms with Crippen molar-refractivity contribution >= 4 is 11.8 Å². The number of carbonyl (C=O) groups excluding carboxylic acids is 1. The molecule has 2 atom stereocenters. The number of amides is 1. The minimum absolute atomic E-state index is 0.0147. The zero-order valence-electron chi connectivity index (χ0n) is 19.0. The number of ether oxygens (including phenoxy) is 1. The average Bonchev–Trinajstić information content (AvgIpc) is 3.07. The Kier molecular flexibility index (Phi) is 8.75. The van der Waals surface area contributed by atoms with Gasteiger partial charge in [0.1, 0.15) is 5.60 Å². The second-order valence-corrected chi connectivity index (χ2v) is 9.19. The summed E-state index contributed by atoms with van der Waals surface area (Å²) in [7, 11) is 0. The van der Waals surface area contributed by atoms with Crippen molar-refractivity contribution in [2.75, 3.05) is 19.6 Å². The van der Waals surface area contributed by atoms with Crippen LogP contribution in [-0.2, 0) is 22.4 Å². The lowest BCUT2D eigenvalue weighted by atomic mass is 9.82. The van der Waals surface area contributed by atoms with Gasteiger partial charge in [-0.3, -0.25) is 4.79 Å². The molecule has 1 aromatic rings. The Hall–Kier alpha value is -1.82.